The van der Waals surface area contributed by atoms with Crippen molar-refractivity contribution in [1.29, 1.82) is 0 Å². The largest absolute Gasteiger partial charge is 0.494 e. The summed E-state index contributed by atoms with van der Waals surface area (Å²) in [5, 5.41) is 3.18. The first-order valence-corrected chi connectivity index (χ1v) is 6.04. The van der Waals surface area contributed by atoms with Gasteiger partial charge < -0.3 is 10.1 Å². The van der Waals surface area contributed by atoms with E-state index in [-0.39, 0.29) is 0 Å². The Morgan fingerprint density at radius 3 is 2.65 bits per heavy atom. The van der Waals surface area contributed by atoms with Gasteiger partial charge in [-0.25, -0.2) is 9.97 Å². The Morgan fingerprint density at radius 1 is 1.24 bits per heavy atom. The molecule has 0 aliphatic heterocycles. The Labute approximate surface area is 108 Å². The highest BCUT2D eigenvalue weighted by Crippen LogP contribution is 2.19. The molecule has 0 fully saturated rings. The number of hydrogen-bond acceptors (Lipinski definition) is 4. The van der Waals surface area contributed by atoms with E-state index in [0.717, 1.165) is 21.9 Å². The highest BCUT2D eigenvalue weighted by Gasteiger charge is 1.98. The summed E-state index contributed by atoms with van der Waals surface area (Å²) in [5.41, 5.74) is 0.957. The van der Waals surface area contributed by atoms with E-state index in [2.05, 4.69) is 31.2 Å². The van der Waals surface area contributed by atoms with Gasteiger partial charge in [0.2, 0.25) is 0 Å². The summed E-state index contributed by atoms with van der Waals surface area (Å²) in [6.07, 6.45) is 1.50. The number of aromatic nitrogens is 2. The molecule has 2 aromatic rings. The van der Waals surface area contributed by atoms with Gasteiger partial charge in [0.15, 0.2) is 0 Å². The van der Waals surface area contributed by atoms with Crippen molar-refractivity contribution in [2.45, 2.75) is 6.92 Å². The van der Waals surface area contributed by atoms with Crippen molar-refractivity contribution < 1.29 is 4.74 Å². The fourth-order valence-electron chi connectivity index (χ4n) is 1.35. The van der Waals surface area contributed by atoms with Gasteiger partial charge in [0.1, 0.15) is 22.5 Å². The first-order valence-electron chi connectivity index (χ1n) is 5.25. The number of benzene rings is 1. The topological polar surface area (TPSA) is 47.0 Å². The van der Waals surface area contributed by atoms with Crippen molar-refractivity contribution >= 4 is 27.4 Å². The Balaban J connectivity index is 2.08. The second-order valence-corrected chi connectivity index (χ2v) is 4.12. The number of anilines is 2. The molecule has 1 N–H and O–H groups in total. The summed E-state index contributed by atoms with van der Waals surface area (Å²) in [5.74, 6) is 1.61. The average Bonchev–Trinajstić information content (AvgIpc) is 2.32. The fraction of sp³-hybridized carbons (Fsp3) is 0.167. The van der Waals surface area contributed by atoms with Gasteiger partial charge in [0, 0.05) is 11.8 Å². The molecule has 0 aliphatic carbocycles. The van der Waals surface area contributed by atoms with E-state index < -0.39 is 0 Å². The number of ether oxygens (including phenoxy) is 1. The number of rotatable bonds is 4. The lowest BCUT2D eigenvalue weighted by molar-refractivity contribution is 0.340. The smallest absolute Gasteiger partial charge is 0.134 e. The van der Waals surface area contributed by atoms with Crippen LogP contribution in [0.4, 0.5) is 11.5 Å². The van der Waals surface area contributed by atoms with Crippen LogP contribution in [-0.2, 0) is 0 Å². The first-order chi connectivity index (χ1) is 8.28. The molecule has 0 saturated carbocycles. The molecule has 88 valence electrons. The number of nitrogens with one attached hydrogen (secondary N) is 1. The molecule has 1 heterocycles. The second kappa shape index (κ2) is 5.63. The van der Waals surface area contributed by atoms with Crippen molar-refractivity contribution in [3.8, 4) is 5.75 Å². The van der Waals surface area contributed by atoms with Crippen molar-refractivity contribution in [2.75, 3.05) is 11.9 Å². The third kappa shape index (κ3) is 3.42. The van der Waals surface area contributed by atoms with Crippen molar-refractivity contribution in [3.63, 3.8) is 0 Å². The number of hydrogen-bond donors (Lipinski definition) is 1. The summed E-state index contributed by atoms with van der Waals surface area (Å²) < 4.78 is 6.12. The Hall–Kier alpha value is -1.62. The van der Waals surface area contributed by atoms with Crippen LogP contribution in [0.1, 0.15) is 6.92 Å². The van der Waals surface area contributed by atoms with Crippen molar-refractivity contribution in [1.82, 2.24) is 9.97 Å². The Bertz CT molecular complexity index is 487. The van der Waals surface area contributed by atoms with E-state index in [9.17, 15) is 0 Å². The zero-order valence-corrected chi connectivity index (χ0v) is 10.9. The summed E-state index contributed by atoms with van der Waals surface area (Å²) in [6.45, 7) is 2.64. The molecule has 1 aromatic heterocycles. The van der Waals surface area contributed by atoms with E-state index in [1.165, 1.54) is 6.33 Å². The van der Waals surface area contributed by atoms with E-state index in [1.54, 1.807) is 0 Å². The van der Waals surface area contributed by atoms with Crippen LogP contribution in [0.5, 0.6) is 5.75 Å². The van der Waals surface area contributed by atoms with Crippen LogP contribution in [-0.4, -0.2) is 16.6 Å². The van der Waals surface area contributed by atoms with Crippen LogP contribution in [0.2, 0.25) is 0 Å². The third-order valence-corrected chi connectivity index (χ3v) is 2.51. The normalized spacial score (nSPS) is 10.0. The molecule has 0 unspecified atom stereocenters. The highest BCUT2D eigenvalue weighted by atomic mass is 79.9. The third-order valence-electron chi connectivity index (χ3n) is 2.07. The predicted octanol–water partition coefficient (Wildman–Crippen LogP) is 3.38. The quantitative estimate of drug-likeness (QED) is 0.878. The summed E-state index contributed by atoms with van der Waals surface area (Å²) in [7, 11) is 0. The van der Waals surface area contributed by atoms with Crippen LogP contribution in [0, 0.1) is 0 Å². The van der Waals surface area contributed by atoms with Gasteiger partial charge >= 0.3 is 0 Å². The van der Waals surface area contributed by atoms with Gasteiger partial charge in [0.05, 0.1) is 6.61 Å². The maximum atomic E-state index is 5.37. The monoisotopic (exact) mass is 293 g/mol. The molecule has 0 radical (unpaired) electrons. The van der Waals surface area contributed by atoms with E-state index in [4.69, 9.17) is 4.74 Å². The standard InChI is InChI=1S/C12H12BrN3O/c1-2-17-10-5-3-9(4-6-10)16-12-7-11(13)14-8-15-12/h3-8H,2H2,1H3,(H,14,15,16). The molecule has 0 aliphatic rings. The zero-order valence-electron chi connectivity index (χ0n) is 9.35. The predicted molar refractivity (Wildman–Crippen MR) is 70.6 cm³/mol. The first kappa shape index (κ1) is 11.9. The zero-order chi connectivity index (χ0) is 12.1. The highest BCUT2D eigenvalue weighted by molar-refractivity contribution is 9.10. The van der Waals surface area contributed by atoms with Gasteiger partial charge in [-0.05, 0) is 47.1 Å². The lowest BCUT2D eigenvalue weighted by Crippen LogP contribution is -1.95. The Morgan fingerprint density at radius 2 is 2.00 bits per heavy atom. The molecule has 0 spiro atoms. The minimum Gasteiger partial charge on any atom is -0.494 e. The van der Waals surface area contributed by atoms with Gasteiger partial charge in [-0.3, -0.25) is 0 Å². The molecule has 4 nitrogen and oxygen atoms in total. The number of halogens is 1. The van der Waals surface area contributed by atoms with Crippen LogP contribution < -0.4 is 10.1 Å². The fourth-order valence-corrected chi connectivity index (χ4v) is 1.66. The van der Waals surface area contributed by atoms with E-state index in [1.807, 2.05) is 37.3 Å². The Kier molecular flexibility index (Phi) is 3.93. The second-order valence-electron chi connectivity index (χ2n) is 3.31. The molecular weight excluding hydrogens is 282 g/mol. The molecule has 17 heavy (non-hydrogen) atoms. The van der Waals surface area contributed by atoms with Crippen LogP contribution in [0.15, 0.2) is 41.3 Å². The van der Waals surface area contributed by atoms with Crippen LogP contribution in [0.3, 0.4) is 0 Å². The van der Waals surface area contributed by atoms with Crippen molar-refractivity contribution in [2.24, 2.45) is 0 Å². The maximum Gasteiger partial charge on any atom is 0.134 e. The molecule has 0 bridgehead atoms. The van der Waals surface area contributed by atoms with E-state index in [0.29, 0.717) is 6.61 Å². The molecule has 0 saturated heterocycles. The molecule has 0 atom stereocenters. The molecule has 0 amide bonds. The van der Waals surface area contributed by atoms with Gasteiger partial charge in [-0.2, -0.15) is 0 Å². The average molecular weight is 294 g/mol. The lowest BCUT2D eigenvalue weighted by Gasteiger charge is -2.07. The van der Waals surface area contributed by atoms with E-state index >= 15 is 0 Å². The van der Waals surface area contributed by atoms with Gasteiger partial charge in [-0.15, -0.1) is 0 Å². The molecular formula is C12H12BrN3O. The summed E-state index contributed by atoms with van der Waals surface area (Å²) in [6, 6.07) is 9.54. The number of nitrogens with zero attached hydrogens (tertiary/aromatic N) is 2. The van der Waals surface area contributed by atoms with Crippen LogP contribution in [0.25, 0.3) is 0 Å². The molecule has 1 aromatic carbocycles. The molecule has 5 heteroatoms. The van der Waals surface area contributed by atoms with Crippen LogP contribution >= 0.6 is 15.9 Å². The van der Waals surface area contributed by atoms with Gasteiger partial charge in [-0.1, -0.05) is 0 Å². The molecule has 2 rings (SSSR count). The summed E-state index contributed by atoms with van der Waals surface area (Å²) >= 11 is 3.30. The van der Waals surface area contributed by atoms with Crippen molar-refractivity contribution in [3.05, 3.63) is 41.3 Å². The van der Waals surface area contributed by atoms with Gasteiger partial charge in [0.25, 0.3) is 0 Å². The summed E-state index contributed by atoms with van der Waals surface area (Å²) in [4.78, 5) is 8.08. The SMILES string of the molecule is CCOc1ccc(Nc2cc(Br)ncn2)cc1. The minimum atomic E-state index is 0.672. The lowest BCUT2D eigenvalue weighted by atomic mass is 10.3. The maximum absolute atomic E-state index is 5.37. The minimum absolute atomic E-state index is 0.672.